The molecule has 2 aromatic rings. The Balaban J connectivity index is 1.25. The molecule has 0 radical (unpaired) electrons. The number of carbonyl (C=O) groups excluding carboxylic acids is 2. The molecule has 1 saturated heterocycles. The number of carbonyl (C=O) groups is 2. The number of nitrogens with one attached hydrogen (secondary N) is 1. The molecular weight excluding hydrogens is 394 g/mol. The molecule has 0 aliphatic carbocycles. The lowest BCUT2D eigenvalue weighted by Gasteiger charge is -2.34. The number of ether oxygens (including phenoxy) is 2. The average Bonchev–Trinajstić information content (AvgIpc) is 2.83. The SMILES string of the molecule is CCN(C[C@@H]1COc2ccccc2O1)C(=O)C[NH+]1CCN(C(=O)c2ccccc2)CC1. The maximum Gasteiger partial charge on any atom is 0.277 e. The number of hydrogen-bond acceptors (Lipinski definition) is 4. The summed E-state index contributed by atoms with van der Waals surface area (Å²) in [6, 6.07) is 17.0. The number of benzene rings is 2. The van der Waals surface area contributed by atoms with Crippen LogP contribution in [0.2, 0.25) is 0 Å². The molecule has 2 aliphatic rings. The van der Waals surface area contributed by atoms with E-state index in [-0.39, 0.29) is 17.9 Å². The van der Waals surface area contributed by atoms with Crippen molar-refractivity contribution in [3.8, 4) is 11.5 Å². The molecule has 1 fully saturated rings. The van der Waals surface area contributed by atoms with E-state index in [1.165, 1.54) is 4.90 Å². The topological polar surface area (TPSA) is 63.5 Å². The normalized spacial score (nSPS) is 18.5. The summed E-state index contributed by atoms with van der Waals surface area (Å²) in [6.45, 7) is 6.89. The van der Waals surface area contributed by atoms with Gasteiger partial charge in [0.2, 0.25) is 0 Å². The van der Waals surface area contributed by atoms with E-state index >= 15 is 0 Å². The molecule has 0 aromatic heterocycles. The van der Waals surface area contributed by atoms with Gasteiger partial charge in [-0.1, -0.05) is 30.3 Å². The summed E-state index contributed by atoms with van der Waals surface area (Å²) in [5.41, 5.74) is 0.718. The fourth-order valence-electron chi connectivity index (χ4n) is 4.10. The number of nitrogens with zero attached hydrogens (tertiary/aromatic N) is 2. The van der Waals surface area contributed by atoms with Gasteiger partial charge in [0.15, 0.2) is 24.1 Å². The Labute approximate surface area is 183 Å². The van der Waals surface area contributed by atoms with Crippen molar-refractivity contribution >= 4 is 11.8 Å². The molecule has 4 rings (SSSR count). The lowest BCUT2D eigenvalue weighted by Crippen LogP contribution is -3.15. The van der Waals surface area contributed by atoms with Gasteiger partial charge in [-0.3, -0.25) is 9.59 Å². The Hall–Kier alpha value is -3.06. The van der Waals surface area contributed by atoms with E-state index in [1.807, 2.05) is 71.3 Å². The monoisotopic (exact) mass is 424 g/mol. The Bertz CT molecular complexity index is 897. The standard InChI is InChI=1S/C24H29N3O4/c1-2-26(16-20-18-30-21-10-6-7-11-22(21)31-20)23(28)17-25-12-14-27(15-13-25)24(29)19-8-4-3-5-9-19/h3-11,20H,2,12-18H2,1H3/p+1/t20-/m1/s1. The summed E-state index contributed by atoms with van der Waals surface area (Å²) in [5, 5.41) is 0. The lowest BCUT2D eigenvalue weighted by atomic mass is 10.2. The van der Waals surface area contributed by atoms with E-state index < -0.39 is 0 Å². The Morgan fingerprint density at radius 2 is 1.71 bits per heavy atom. The van der Waals surface area contributed by atoms with Crippen molar-refractivity contribution in [2.75, 3.05) is 52.4 Å². The van der Waals surface area contributed by atoms with Gasteiger partial charge in [0.25, 0.3) is 11.8 Å². The summed E-state index contributed by atoms with van der Waals surface area (Å²) >= 11 is 0. The molecule has 164 valence electrons. The molecule has 2 heterocycles. The molecule has 0 unspecified atom stereocenters. The fraction of sp³-hybridized carbons (Fsp3) is 0.417. The fourth-order valence-corrected chi connectivity index (χ4v) is 4.10. The Kier molecular flexibility index (Phi) is 6.72. The minimum Gasteiger partial charge on any atom is -0.486 e. The second kappa shape index (κ2) is 9.83. The number of para-hydroxylation sites is 2. The number of rotatable bonds is 6. The van der Waals surface area contributed by atoms with Gasteiger partial charge in [-0.2, -0.15) is 0 Å². The first-order valence-corrected chi connectivity index (χ1v) is 11.0. The minimum atomic E-state index is -0.172. The molecule has 0 spiro atoms. The third-order valence-corrected chi connectivity index (χ3v) is 5.91. The van der Waals surface area contributed by atoms with Crippen LogP contribution in [0.3, 0.4) is 0 Å². The highest BCUT2D eigenvalue weighted by Crippen LogP contribution is 2.30. The second-order valence-electron chi connectivity index (χ2n) is 8.01. The van der Waals surface area contributed by atoms with Crippen LogP contribution in [0.15, 0.2) is 54.6 Å². The van der Waals surface area contributed by atoms with E-state index in [0.29, 0.717) is 39.3 Å². The highest BCUT2D eigenvalue weighted by Gasteiger charge is 2.29. The first kappa shape index (κ1) is 21.2. The molecule has 2 amide bonds. The number of quaternary nitrogens is 1. The van der Waals surface area contributed by atoms with E-state index in [9.17, 15) is 9.59 Å². The maximum absolute atomic E-state index is 12.9. The molecule has 31 heavy (non-hydrogen) atoms. The average molecular weight is 425 g/mol. The van der Waals surface area contributed by atoms with Crippen LogP contribution in [-0.4, -0.2) is 80.1 Å². The van der Waals surface area contributed by atoms with E-state index in [2.05, 4.69) is 0 Å². The summed E-state index contributed by atoms with van der Waals surface area (Å²) in [7, 11) is 0. The summed E-state index contributed by atoms with van der Waals surface area (Å²) in [4.78, 5) is 30.5. The highest BCUT2D eigenvalue weighted by molar-refractivity contribution is 5.94. The Morgan fingerprint density at radius 1 is 1.03 bits per heavy atom. The van der Waals surface area contributed by atoms with Crippen molar-refractivity contribution in [1.82, 2.24) is 9.80 Å². The van der Waals surface area contributed by atoms with Crippen LogP contribution >= 0.6 is 0 Å². The van der Waals surface area contributed by atoms with Crippen LogP contribution in [-0.2, 0) is 4.79 Å². The molecule has 2 aliphatic heterocycles. The number of likely N-dealkylation sites (N-methyl/N-ethyl adjacent to an activating group) is 1. The Morgan fingerprint density at radius 3 is 2.42 bits per heavy atom. The van der Waals surface area contributed by atoms with Crippen LogP contribution < -0.4 is 14.4 Å². The van der Waals surface area contributed by atoms with Gasteiger partial charge in [0, 0.05) is 12.1 Å². The van der Waals surface area contributed by atoms with Crippen molar-refractivity contribution in [3.63, 3.8) is 0 Å². The summed E-state index contributed by atoms with van der Waals surface area (Å²) in [5.74, 6) is 1.66. The van der Waals surface area contributed by atoms with Crippen LogP contribution in [0.1, 0.15) is 17.3 Å². The number of amides is 2. The van der Waals surface area contributed by atoms with Gasteiger partial charge >= 0.3 is 0 Å². The first-order valence-electron chi connectivity index (χ1n) is 11.0. The molecule has 7 heteroatoms. The minimum absolute atomic E-state index is 0.0656. The number of fused-ring (bicyclic) bond motifs is 1. The van der Waals surface area contributed by atoms with E-state index in [0.717, 1.165) is 30.2 Å². The number of hydrogen-bond donors (Lipinski definition) is 1. The van der Waals surface area contributed by atoms with Crippen molar-refractivity contribution in [1.29, 1.82) is 0 Å². The predicted molar refractivity (Wildman–Crippen MR) is 117 cm³/mol. The number of piperazine rings is 1. The maximum atomic E-state index is 12.9. The van der Waals surface area contributed by atoms with Gasteiger partial charge in [-0.15, -0.1) is 0 Å². The summed E-state index contributed by atoms with van der Waals surface area (Å²) in [6.07, 6.45) is -0.172. The van der Waals surface area contributed by atoms with E-state index in [1.54, 1.807) is 0 Å². The molecule has 1 atom stereocenters. The van der Waals surface area contributed by atoms with Gasteiger partial charge in [0.05, 0.1) is 32.7 Å². The molecular formula is C24H30N3O4+. The van der Waals surface area contributed by atoms with Crippen molar-refractivity contribution in [2.24, 2.45) is 0 Å². The predicted octanol–water partition coefficient (Wildman–Crippen LogP) is 0.716. The van der Waals surface area contributed by atoms with Gasteiger partial charge in [-0.05, 0) is 31.2 Å². The van der Waals surface area contributed by atoms with Crippen LogP contribution in [0.4, 0.5) is 0 Å². The highest BCUT2D eigenvalue weighted by atomic mass is 16.6. The zero-order valence-electron chi connectivity index (χ0n) is 18.0. The van der Waals surface area contributed by atoms with Crippen LogP contribution in [0.5, 0.6) is 11.5 Å². The van der Waals surface area contributed by atoms with Crippen molar-refractivity contribution in [2.45, 2.75) is 13.0 Å². The quantitative estimate of drug-likeness (QED) is 0.742. The molecule has 1 N–H and O–H groups in total. The second-order valence-corrected chi connectivity index (χ2v) is 8.01. The smallest absolute Gasteiger partial charge is 0.277 e. The molecule has 2 aromatic carbocycles. The van der Waals surface area contributed by atoms with Crippen LogP contribution in [0.25, 0.3) is 0 Å². The molecule has 7 nitrogen and oxygen atoms in total. The van der Waals surface area contributed by atoms with Crippen molar-refractivity contribution < 1.29 is 24.0 Å². The summed E-state index contributed by atoms with van der Waals surface area (Å²) < 4.78 is 11.8. The van der Waals surface area contributed by atoms with Gasteiger partial charge in [0.1, 0.15) is 6.61 Å². The molecule has 0 saturated carbocycles. The lowest BCUT2D eigenvalue weighted by molar-refractivity contribution is -0.896. The van der Waals surface area contributed by atoms with E-state index in [4.69, 9.17) is 9.47 Å². The van der Waals surface area contributed by atoms with Gasteiger partial charge < -0.3 is 24.2 Å². The third kappa shape index (κ3) is 5.17. The first-order chi connectivity index (χ1) is 15.1. The largest absolute Gasteiger partial charge is 0.486 e. The zero-order valence-corrected chi connectivity index (χ0v) is 18.0. The third-order valence-electron chi connectivity index (χ3n) is 5.91. The zero-order chi connectivity index (χ0) is 21.6. The van der Waals surface area contributed by atoms with Gasteiger partial charge in [-0.25, -0.2) is 0 Å². The van der Waals surface area contributed by atoms with Crippen molar-refractivity contribution in [3.05, 3.63) is 60.2 Å². The molecule has 0 bridgehead atoms. The van der Waals surface area contributed by atoms with Crippen LogP contribution in [0, 0.1) is 0 Å².